The molecule has 1 unspecified atom stereocenters. The Morgan fingerprint density at radius 3 is 2.00 bits per heavy atom. The predicted octanol–water partition coefficient (Wildman–Crippen LogP) is 0.0914. The highest BCUT2D eigenvalue weighted by atomic mass is 32.2. The SMILES string of the molecule is [O]S(=O)N1CCCC1. The second kappa shape index (κ2) is 2.57. The Kier molecular flexibility index (Phi) is 1.99. The fourth-order valence-corrected chi connectivity index (χ4v) is 1.39. The number of hydrogen-bond acceptors (Lipinski definition) is 1. The zero-order valence-corrected chi connectivity index (χ0v) is 5.32. The van der Waals surface area contributed by atoms with Crippen molar-refractivity contribution in [2.24, 2.45) is 0 Å². The van der Waals surface area contributed by atoms with E-state index in [1.807, 2.05) is 0 Å². The van der Waals surface area contributed by atoms with Gasteiger partial charge in [-0.05, 0) is 12.8 Å². The van der Waals surface area contributed by atoms with E-state index in [9.17, 15) is 8.76 Å². The van der Waals surface area contributed by atoms with Crippen molar-refractivity contribution in [1.82, 2.24) is 4.31 Å². The summed E-state index contributed by atoms with van der Waals surface area (Å²) in [7, 11) is 0. The lowest BCUT2D eigenvalue weighted by Gasteiger charge is -2.03. The molecule has 1 aliphatic heterocycles. The summed E-state index contributed by atoms with van der Waals surface area (Å²) in [5.74, 6) is 0. The molecule has 0 bridgehead atoms. The van der Waals surface area contributed by atoms with Crippen LogP contribution in [0.15, 0.2) is 0 Å². The third-order valence-corrected chi connectivity index (χ3v) is 2.06. The fraction of sp³-hybridized carbons (Fsp3) is 1.00. The minimum absolute atomic E-state index is 0.718. The van der Waals surface area contributed by atoms with Gasteiger partial charge < -0.3 is 0 Å². The van der Waals surface area contributed by atoms with Gasteiger partial charge in [-0.25, -0.2) is 4.21 Å². The average Bonchev–Trinajstić information content (AvgIpc) is 2.12. The molecule has 0 N–H and O–H groups in total. The first kappa shape index (κ1) is 6.19. The Morgan fingerprint density at radius 2 is 1.75 bits per heavy atom. The molecule has 1 fully saturated rings. The van der Waals surface area contributed by atoms with Gasteiger partial charge in [-0.15, -0.1) is 0 Å². The first-order valence-electron chi connectivity index (χ1n) is 2.65. The second-order valence-corrected chi connectivity index (χ2v) is 2.80. The predicted molar refractivity (Wildman–Crippen MR) is 29.6 cm³/mol. The molecule has 1 atom stereocenters. The van der Waals surface area contributed by atoms with E-state index in [4.69, 9.17) is 0 Å². The van der Waals surface area contributed by atoms with Gasteiger partial charge in [-0.1, -0.05) is 4.55 Å². The van der Waals surface area contributed by atoms with Gasteiger partial charge in [0.2, 0.25) is 0 Å². The molecule has 0 aromatic carbocycles. The first-order chi connectivity index (χ1) is 3.80. The third-order valence-electron chi connectivity index (χ3n) is 1.28. The lowest BCUT2D eigenvalue weighted by molar-refractivity contribution is 0.399. The van der Waals surface area contributed by atoms with E-state index in [-0.39, 0.29) is 0 Å². The minimum atomic E-state index is -1.96. The molecular formula is C4H8NO2S. The van der Waals surface area contributed by atoms with E-state index in [1.165, 1.54) is 4.31 Å². The highest BCUT2D eigenvalue weighted by Gasteiger charge is 2.16. The summed E-state index contributed by atoms with van der Waals surface area (Å²) in [5.41, 5.74) is 0. The van der Waals surface area contributed by atoms with E-state index < -0.39 is 11.3 Å². The molecule has 0 spiro atoms. The molecule has 0 aromatic rings. The molecule has 1 heterocycles. The van der Waals surface area contributed by atoms with E-state index in [2.05, 4.69) is 0 Å². The third kappa shape index (κ3) is 1.27. The maximum atomic E-state index is 10.1. The fourth-order valence-electron chi connectivity index (χ4n) is 0.837. The van der Waals surface area contributed by atoms with Crippen LogP contribution in [0.3, 0.4) is 0 Å². The Hall–Kier alpha value is 0.0700. The van der Waals surface area contributed by atoms with Gasteiger partial charge in [0.15, 0.2) is 0 Å². The van der Waals surface area contributed by atoms with Crippen molar-refractivity contribution >= 4 is 11.3 Å². The molecule has 3 nitrogen and oxygen atoms in total. The Bertz CT molecular complexity index is 100. The van der Waals surface area contributed by atoms with Gasteiger partial charge >= 0.3 is 0 Å². The zero-order chi connectivity index (χ0) is 5.98. The minimum Gasteiger partial charge on any atom is -0.209 e. The van der Waals surface area contributed by atoms with Crippen molar-refractivity contribution in [2.45, 2.75) is 12.8 Å². The lowest BCUT2D eigenvalue weighted by atomic mass is 10.4. The van der Waals surface area contributed by atoms with Crippen LogP contribution in [-0.2, 0) is 15.8 Å². The summed E-state index contributed by atoms with van der Waals surface area (Å²) >= 11 is -1.96. The molecule has 0 saturated carbocycles. The summed E-state index contributed by atoms with van der Waals surface area (Å²) < 4.78 is 21.7. The number of nitrogens with zero attached hydrogens (tertiary/aromatic N) is 1. The topological polar surface area (TPSA) is 40.2 Å². The van der Waals surface area contributed by atoms with Crippen molar-refractivity contribution in [2.75, 3.05) is 13.1 Å². The lowest BCUT2D eigenvalue weighted by Crippen LogP contribution is -2.19. The molecule has 0 aliphatic carbocycles. The highest BCUT2D eigenvalue weighted by molar-refractivity contribution is 7.76. The van der Waals surface area contributed by atoms with Crippen molar-refractivity contribution in [1.29, 1.82) is 0 Å². The van der Waals surface area contributed by atoms with Crippen molar-refractivity contribution < 1.29 is 8.76 Å². The monoisotopic (exact) mass is 134 g/mol. The van der Waals surface area contributed by atoms with Crippen LogP contribution in [0, 0.1) is 0 Å². The Morgan fingerprint density at radius 1 is 1.25 bits per heavy atom. The molecule has 1 rings (SSSR count). The molecule has 1 saturated heterocycles. The van der Waals surface area contributed by atoms with Crippen LogP contribution in [0.4, 0.5) is 0 Å². The van der Waals surface area contributed by atoms with E-state index in [0.29, 0.717) is 0 Å². The quantitative estimate of drug-likeness (QED) is 0.501. The zero-order valence-electron chi connectivity index (χ0n) is 4.50. The Balaban J connectivity index is 2.35. The average molecular weight is 134 g/mol. The molecule has 47 valence electrons. The molecule has 0 amide bonds. The van der Waals surface area contributed by atoms with Crippen LogP contribution in [0.1, 0.15) is 12.8 Å². The normalized spacial score (nSPS) is 26.1. The van der Waals surface area contributed by atoms with Crippen LogP contribution in [0.5, 0.6) is 0 Å². The number of rotatable bonds is 1. The summed E-state index contributed by atoms with van der Waals surface area (Å²) in [4.78, 5) is 0. The van der Waals surface area contributed by atoms with E-state index in [1.54, 1.807) is 0 Å². The highest BCUT2D eigenvalue weighted by Crippen LogP contribution is 2.07. The summed E-state index contributed by atoms with van der Waals surface area (Å²) in [6, 6.07) is 0. The van der Waals surface area contributed by atoms with Crippen molar-refractivity contribution in [3.05, 3.63) is 0 Å². The van der Waals surface area contributed by atoms with Crippen LogP contribution in [0.2, 0.25) is 0 Å². The molecular weight excluding hydrogens is 126 g/mol. The van der Waals surface area contributed by atoms with Crippen LogP contribution >= 0.6 is 0 Å². The van der Waals surface area contributed by atoms with Gasteiger partial charge in [0.25, 0.3) is 11.3 Å². The Labute approximate surface area is 51.1 Å². The molecule has 8 heavy (non-hydrogen) atoms. The first-order valence-corrected chi connectivity index (χ1v) is 3.68. The second-order valence-electron chi connectivity index (χ2n) is 1.85. The van der Waals surface area contributed by atoms with Gasteiger partial charge in [0.05, 0.1) is 0 Å². The largest absolute Gasteiger partial charge is 0.267 e. The maximum Gasteiger partial charge on any atom is 0.267 e. The molecule has 0 aromatic heterocycles. The molecule has 1 radical (unpaired) electrons. The van der Waals surface area contributed by atoms with Crippen LogP contribution in [0.25, 0.3) is 0 Å². The van der Waals surface area contributed by atoms with E-state index in [0.717, 1.165) is 25.9 Å². The van der Waals surface area contributed by atoms with Crippen molar-refractivity contribution in [3.8, 4) is 0 Å². The number of hydrogen-bond donors (Lipinski definition) is 0. The van der Waals surface area contributed by atoms with Crippen LogP contribution in [-0.4, -0.2) is 21.6 Å². The summed E-state index contributed by atoms with van der Waals surface area (Å²) in [6.45, 7) is 1.44. The van der Waals surface area contributed by atoms with Gasteiger partial charge in [0, 0.05) is 13.1 Å². The standard InChI is InChI=1S/C4H8NO2S/c6-8(7)5-3-1-2-4-5/h1-4H2. The van der Waals surface area contributed by atoms with Crippen LogP contribution < -0.4 is 0 Å². The van der Waals surface area contributed by atoms with E-state index >= 15 is 0 Å². The molecule has 4 heteroatoms. The summed E-state index contributed by atoms with van der Waals surface area (Å²) in [6.07, 6.45) is 2.04. The van der Waals surface area contributed by atoms with Gasteiger partial charge in [0.1, 0.15) is 0 Å². The van der Waals surface area contributed by atoms with Gasteiger partial charge in [-0.2, -0.15) is 4.31 Å². The maximum absolute atomic E-state index is 10.1. The molecule has 1 aliphatic rings. The smallest absolute Gasteiger partial charge is 0.209 e. The van der Waals surface area contributed by atoms with Gasteiger partial charge in [-0.3, -0.25) is 0 Å². The van der Waals surface area contributed by atoms with Crippen molar-refractivity contribution in [3.63, 3.8) is 0 Å². The summed E-state index contributed by atoms with van der Waals surface area (Å²) in [5, 5.41) is 0.